The molecule has 0 aliphatic rings. The summed E-state index contributed by atoms with van der Waals surface area (Å²) in [5.41, 5.74) is 6.41. The molecule has 0 saturated carbocycles. The van der Waals surface area contributed by atoms with Gasteiger partial charge in [0.15, 0.2) is 11.5 Å². The highest BCUT2D eigenvalue weighted by Gasteiger charge is 2.24. The van der Waals surface area contributed by atoms with Gasteiger partial charge in [0, 0.05) is 36.2 Å². The first-order valence-corrected chi connectivity index (χ1v) is 12.0. The summed E-state index contributed by atoms with van der Waals surface area (Å²) in [4.78, 5) is 45.6. The lowest BCUT2D eigenvalue weighted by molar-refractivity contribution is -0.125. The van der Waals surface area contributed by atoms with Gasteiger partial charge in [-0.25, -0.2) is 9.78 Å². The predicted octanol–water partition coefficient (Wildman–Crippen LogP) is 2.47. The van der Waals surface area contributed by atoms with Gasteiger partial charge in [0.2, 0.25) is 12.0 Å². The number of aromatic amines is 1. The number of rotatable bonds is 9. The second-order valence-corrected chi connectivity index (χ2v) is 9.03. The van der Waals surface area contributed by atoms with Crippen LogP contribution in [0.5, 0.6) is 5.88 Å². The molecule has 1 atom stereocenters. The van der Waals surface area contributed by atoms with E-state index in [0.717, 1.165) is 4.47 Å². The Morgan fingerprint density at radius 2 is 1.80 bits per heavy atom. The standard InChI is InChI=1S/C23H26BrN7O4/c1-4-10-30-21-17(22(33)31(11-5-2)23(30)34)26-20(27-21)15-12-16(28-29(15)3)35-18(19(25)32)13-6-8-14(24)9-7-13/h6-9,12,18H,4-5,10-11H2,1-3H3,(H2,25,32)(H,26,27). The summed E-state index contributed by atoms with van der Waals surface area (Å²) in [6.45, 7) is 4.60. The molecular weight excluding hydrogens is 518 g/mol. The molecular formula is C23H26BrN7O4. The largest absolute Gasteiger partial charge is 0.458 e. The lowest BCUT2D eigenvalue weighted by Crippen LogP contribution is -2.40. The predicted molar refractivity (Wildman–Crippen MR) is 134 cm³/mol. The molecule has 0 saturated heterocycles. The third-order valence-electron chi connectivity index (χ3n) is 5.53. The fourth-order valence-corrected chi connectivity index (χ4v) is 4.17. The molecule has 184 valence electrons. The van der Waals surface area contributed by atoms with E-state index in [-0.39, 0.29) is 22.7 Å². The maximum atomic E-state index is 13.0. The van der Waals surface area contributed by atoms with Gasteiger partial charge in [0.25, 0.3) is 11.5 Å². The molecule has 3 N–H and O–H groups in total. The number of hydrogen-bond acceptors (Lipinski definition) is 6. The highest BCUT2D eigenvalue weighted by molar-refractivity contribution is 9.10. The van der Waals surface area contributed by atoms with Crippen LogP contribution in [0.4, 0.5) is 0 Å². The van der Waals surface area contributed by atoms with Gasteiger partial charge in [-0.2, -0.15) is 0 Å². The van der Waals surface area contributed by atoms with Crippen molar-refractivity contribution in [2.75, 3.05) is 0 Å². The lowest BCUT2D eigenvalue weighted by atomic mass is 10.1. The molecule has 0 fully saturated rings. The number of nitrogens with one attached hydrogen (secondary N) is 1. The van der Waals surface area contributed by atoms with Gasteiger partial charge in [-0.1, -0.05) is 41.9 Å². The Balaban J connectivity index is 1.76. The highest BCUT2D eigenvalue weighted by Crippen LogP contribution is 2.27. The molecule has 3 heterocycles. The second-order valence-electron chi connectivity index (χ2n) is 8.12. The number of amides is 1. The van der Waals surface area contributed by atoms with E-state index < -0.39 is 17.6 Å². The van der Waals surface area contributed by atoms with Crippen LogP contribution in [0.25, 0.3) is 22.7 Å². The van der Waals surface area contributed by atoms with Crippen LogP contribution < -0.4 is 21.7 Å². The van der Waals surface area contributed by atoms with Gasteiger partial charge in [-0.15, -0.1) is 5.10 Å². The third-order valence-corrected chi connectivity index (χ3v) is 6.05. The normalized spacial score (nSPS) is 12.2. The average molecular weight is 544 g/mol. The topological polar surface area (TPSA) is 143 Å². The molecule has 0 aliphatic heterocycles. The van der Waals surface area contributed by atoms with Crippen LogP contribution in [-0.2, 0) is 24.9 Å². The molecule has 4 rings (SSSR count). The monoisotopic (exact) mass is 543 g/mol. The second kappa shape index (κ2) is 9.90. The number of benzene rings is 1. The van der Waals surface area contributed by atoms with Crippen molar-refractivity contribution in [2.24, 2.45) is 12.8 Å². The molecule has 1 unspecified atom stereocenters. The maximum absolute atomic E-state index is 13.0. The van der Waals surface area contributed by atoms with Crippen molar-refractivity contribution in [3.63, 3.8) is 0 Å². The summed E-state index contributed by atoms with van der Waals surface area (Å²) >= 11 is 3.36. The Morgan fingerprint density at radius 1 is 1.14 bits per heavy atom. The van der Waals surface area contributed by atoms with Crippen LogP contribution >= 0.6 is 15.9 Å². The minimum Gasteiger partial charge on any atom is -0.458 e. The first kappa shape index (κ1) is 24.5. The van der Waals surface area contributed by atoms with E-state index in [1.165, 1.54) is 13.8 Å². The van der Waals surface area contributed by atoms with Crippen molar-refractivity contribution < 1.29 is 9.53 Å². The Bertz CT molecular complexity index is 1500. The summed E-state index contributed by atoms with van der Waals surface area (Å²) in [5.74, 6) is -0.160. The van der Waals surface area contributed by atoms with E-state index in [1.54, 1.807) is 37.4 Å². The van der Waals surface area contributed by atoms with E-state index in [4.69, 9.17) is 10.5 Å². The number of aromatic nitrogens is 6. The van der Waals surface area contributed by atoms with Crippen molar-refractivity contribution in [3.8, 4) is 17.4 Å². The SMILES string of the molecule is CCCn1c(=O)c2[nH]c(-c3cc(OC(C(N)=O)c4ccc(Br)cc4)nn3C)nc2n(CCC)c1=O. The van der Waals surface area contributed by atoms with Gasteiger partial charge in [0.1, 0.15) is 11.2 Å². The number of aryl methyl sites for hydroxylation is 2. The fraction of sp³-hybridized carbons (Fsp3) is 0.348. The Labute approximate surface area is 208 Å². The number of nitrogens with zero attached hydrogens (tertiary/aromatic N) is 5. The molecule has 4 aromatic rings. The van der Waals surface area contributed by atoms with E-state index in [2.05, 4.69) is 31.0 Å². The number of nitrogens with two attached hydrogens (primary N) is 1. The average Bonchev–Trinajstić information content (AvgIpc) is 3.42. The number of carbonyl (C=O) groups excluding carboxylic acids is 1. The van der Waals surface area contributed by atoms with Crippen LogP contribution in [0, 0.1) is 0 Å². The van der Waals surface area contributed by atoms with Crippen molar-refractivity contribution in [1.29, 1.82) is 0 Å². The maximum Gasteiger partial charge on any atom is 0.332 e. The minimum atomic E-state index is -1.04. The van der Waals surface area contributed by atoms with Gasteiger partial charge < -0.3 is 15.5 Å². The molecule has 0 spiro atoms. The first-order valence-electron chi connectivity index (χ1n) is 11.2. The van der Waals surface area contributed by atoms with Crippen LogP contribution in [-0.4, -0.2) is 34.8 Å². The Morgan fingerprint density at radius 3 is 2.43 bits per heavy atom. The number of imidazole rings is 1. The zero-order valence-electron chi connectivity index (χ0n) is 19.6. The molecule has 0 bridgehead atoms. The molecule has 1 aromatic carbocycles. The summed E-state index contributed by atoms with van der Waals surface area (Å²) in [6, 6.07) is 8.63. The number of H-pyrrole nitrogens is 1. The number of halogens is 1. The first-order chi connectivity index (χ1) is 16.7. The third kappa shape index (κ3) is 4.65. The van der Waals surface area contributed by atoms with E-state index in [0.29, 0.717) is 43.0 Å². The number of fused-ring (bicyclic) bond motifs is 1. The van der Waals surface area contributed by atoms with Gasteiger partial charge >= 0.3 is 5.69 Å². The Kier molecular flexibility index (Phi) is 6.92. The molecule has 35 heavy (non-hydrogen) atoms. The van der Waals surface area contributed by atoms with Crippen LogP contribution in [0.2, 0.25) is 0 Å². The molecule has 0 aliphatic carbocycles. The summed E-state index contributed by atoms with van der Waals surface area (Å²) in [5, 5.41) is 4.33. The number of carbonyl (C=O) groups is 1. The van der Waals surface area contributed by atoms with Gasteiger partial charge in [-0.3, -0.25) is 23.4 Å². The number of ether oxygens (including phenoxy) is 1. The van der Waals surface area contributed by atoms with E-state index >= 15 is 0 Å². The van der Waals surface area contributed by atoms with Gasteiger partial charge in [-0.05, 0) is 25.0 Å². The van der Waals surface area contributed by atoms with Crippen LogP contribution in [0.15, 0.2) is 44.4 Å². The number of primary amides is 1. The van der Waals surface area contributed by atoms with Crippen LogP contribution in [0.3, 0.4) is 0 Å². The summed E-state index contributed by atoms with van der Waals surface area (Å²) < 4.78 is 10.9. The molecule has 11 nitrogen and oxygen atoms in total. The van der Waals surface area contributed by atoms with E-state index in [9.17, 15) is 14.4 Å². The summed E-state index contributed by atoms with van der Waals surface area (Å²) in [6.07, 6.45) is 0.309. The minimum absolute atomic E-state index is 0.156. The quantitative estimate of drug-likeness (QED) is 0.332. The van der Waals surface area contributed by atoms with Gasteiger partial charge in [0.05, 0.1) is 0 Å². The van der Waals surface area contributed by atoms with Crippen LogP contribution in [0.1, 0.15) is 38.4 Å². The van der Waals surface area contributed by atoms with Crippen molar-refractivity contribution in [1.82, 2.24) is 28.9 Å². The number of hydrogen-bond donors (Lipinski definition) is 2. The van der Waals surface area contributed by atoms with Crippen molar-refractivity contribution in [2.45, 2.75) is 45.9 Å². The fourth-order valence-electron chi connectivity index (χ4n) is 3.90. The van der Waals surface area contributed by atoms with Crippen molar-refractivity contribution >= 4 is 33.0 Å². The Hall–Kier alpha value is -3.67. The highest BCUT2D eigenvalue weighted by atomic mass is 79.9. The molecule has 0 radical (unpaired) electrons. The smallest absolute Gasteiger partial charge is 0.332 e. The lowest BCUT2D eigenvalue weighted by Gasteiger charge is -2.14. The molecule has 1 amide bonds. The molecule has 12 heteroatoms. The van der Waals surface area contributed by atoms with Crippen molar-refractivity contribution in [3.05, 3.63) is 61.2 Å². The summed E-state index contributed by atoms with van der Waals surface area (Å²) in [7, 11) is 1.68. The zero-order valence-corrected chi connectivity index (χ0v) is 21.2. The van der Waals surface area contributed by atoms with E-state index in [1.807, 2.05) is 13.8 Å². The zero-order chi connectivity index (χ0) is 25.3. The molecule has 3 aromatic heterocycles.